The van der Waals surface area contributed by atoms with Gasteiger partial charge in [-0.3, -0.25) is 0 Å². The summed E-state index contributed by atoms with van der Waals surface area (Å²) in [5, 5.41) is 0. The van der Waals surface area contributed by atoms with E-state index in [4.69, 9.17) is 0 Å². The van der Waals surface area contributed by atoms with E-state index in [9.17, 15) is 0 Å². The van der Waals surface area contributed by atoms with Gasteiger partial charge in [0.1, 0.15) is 0 Å². The van der Waals surface area contributed by atoms with Gasteiger partial charge in [0.05, 0.1) is 0 Å². The predicted octanol–water partition coefficient (Wildman–Crippen LogP) is 10.0. The van der Waals surface area contributed by atoms with Crippen LogP contribution in [-0.4, -0.2) is 0 Å². The van der Waals surface area contributed by atoms with Crippen LogP contribution in [0.3, 0.4) is 0 Å². The van der Waals surface area contributed by atoms with Gasteiger partial charge in [-0.2, -0.15) is 0 Å². The van der Waals surface area contributed by atoms with Crippen LogP contribution in [0, 0.1) is 25.7 Å². The molecule has 0 spiro atoms. The number of hydrogen-bond acceptors (Lipinski definition) is 0. The Kier molecular flexibility index (Phi) is 26.1. The Balaban J connectivity index is 3.03. The van der Waals surface area contributed by atoms with Gasteiger partial charge in [-0.25, -0.2) is 0 Å². The number of rotatable bonds is 22. The molecule has 0 N–H and O–H groups in total. The lowest BCUT2D eigenvalue weighted by molar-refractivity contribution is 0.524. The van der Waals surface area contributed by atoms with Crippen LogP contribution in [0.2, 0.25) is 0 Å². The van der Waals surface area contributed by atoms with Gasteiger partial charge in [-0.05, 0) is 12.8 Å². The van der Waals surface area contributed by atoms with Gasteiger partial charge in [0.2, 0.25) is 0 Å². The van der Waals surface area contributed by atoms with Crippen molar-refractivity contribution in [3.8, 4) is 11.8 Å². The molecule has 0 nitrogen and oxygen atoms in total. The summed E-state index contributed by atoms with van der Waals surface area (Å²) in [5.74, 6) is 6.63. The van der Waals surface area contributed by atoms with Crippen LogP contribution in [0.5, 0.6) is 0 Å². The fourth-order valence-corrected chi connectivity index (χ4v) is 3.79. The first-order chi connectivity index (χ1) is 13.9. The molecule has 0 amide bonds. The highest BCUT2D eigenvalue weighted by atomic mass is 14.0. The molecule has 2 radical (unpaired) electrons. The average Bonchev–Trinajstić information content (AvgIpc) is 2.71. The Morgan fingerprint density at radius 3 is 0.821 bits per heavy atom. The van der Waals surface area contributed by atoms with E-state index in [1.165, 1.54) is 128 Å². The van der Waals surface area contributed by atoms with Crippen molar-refractivity contribution < 1.29 is 0 Å². The second-order valence-electron chi connectivity index (χ2n) is 8.63. The van der Waals surface area contributed by atoms with Crippen LogP contribution in [0.1, 0.15) is 154 Å². The van der Waals surface area contributed by atoms with Crippen LogP contribution >= 0.6 is 0 Å². The molecule has 0 saturated heterocycles. The van der Waals surface area contributed by atoms with Crippen molar-refractivity contribution in [1.29, 1.82) is 0 Å². The maximum atomic E-state index is 3.91. The van der Waals surface area contributed by atoms with Crippen LogP contribution in [0.4, 0.5) is 0 Å². The highest BCUT2D eigenvalue weighted by Crippen LogP contribution is 2.14. The van der Waals surface area contributed by atoms with Crippen LogP contribution in [0.15, 0.2) is 0 Å². The van der Waals surface area contributed by atoms with E-state index >= 15 is 0 Å². The Labute approximate surface area is 180 Å². The summed E-state index contributed by atoms with van der Waals surface area (Å²) >= 11 is 0. The highest BCUT2D eigenvalue weighted by molar-refractivity contribution is 4.98. The molecule has 0 heteroatoms. The van der Waals surface area contributed by atoms with E-state index in [1.807, 2.05) is 0 Å². The molecule has 0 aromatic heterocycles. The molecule has 0 aliphatic rings. The summed E-state index contributed by atoms with van der Waals surface area (Å²) in [6.07, 6.45) is 32.6. The normalized spacial score (nSPS) is 10.8. The smallest absolute Gasteiger partial charge is 0.00886 e. The average molecular weight is 389 g/mol. The quantitative estimate of drug-likeness (QED) is 0.128. The fourth-order valence-electron chi connectivity index (χ4n) is 3.79. The molecule has 0 aliphatic carbocycles. The van der Waals surface area contributed by atoms with Gasteiger partial charge >= 0.3 is 0 Å². The van der Waals surface area contributed by atoms with Crippen molar-refractivity contribution in [1.82, 2.24) is 0 Å². The lowest BCUT2D eigenvalue weighted by Gasteiger charge is -2.03. The van der Waals surface area contributed by atoms with E-state index in [0.29, 0.717) is 0 Å². The van der Waals surface area contributed by atoms with E-state index in [-0.39, 0.29) is 0 Å². The molecule has 0 unspecified atom stereocenters. The first kappa shape index (κ1) is 27.6. The lowest BCUT2D eigenvalue weighted by Crippen LogP contribution is -1.84. The minimum atomic E-state index is 1.06. The van der Waals surface area contributed by atoms with Gasteiger partial charge in [0.25, 0.3) is 0 Å². The van der Waals surface area contributed by atoms with Crippen molar-refractivity contribution in [2.45, 2.75) is 154 Å². The van der Waals surface area contributed by atoms with Crippen molar-refractivity contribution in [3.63, 3.8) is 0 Å². The SMILES string of the molecule is [CH2]CCCCC#CCCCCCCCCCCCCCCCCCCCC[CH2]. The second-order valence-corrected chi connectivity index (χ2v) is 8.63. The Morgan fingerprint density at radius 1 is 0.286 bits per heavy atom. The standard InChI is InChI=1S/C28H52/c1-3-5-7-9-11-13-15-17-19-21-23-25-27-28-26-24-22-20-18-16-14-12-10-8-6-4-2/h1-11,13,15-28H2. The van der Waals surface area contributed by atoms with Gasteiger partial charge in [-0.15, -0.1) is 11.8 Å². The Morgan fingerprint density at radius 2 is 0.500 bits per heavy atom. The molecule has 28 heavy (non-hydrogen) atoms. The topological polar surface area (TPSA) is 0 Å². The van der Waals surface area contributed by atoms with Gasteiger partial charge in [0.15, 0.2) is 0 Å². The Hall–Kier alpha value is -0.440. The molecular weight excluding hydrogens is 336 g/mol. The zero-order chi connectivity index (χ0) is 20.4. The maximum Gasteiger partial charge on any atom is 0.00886 e. The van der Waals surface area contributed by atoms with Crippen LogP contribution in [0.25, 0.3) is 0 Å². The molecule has 0 saturated carbocycles. The molecular formula is C28H52. The third-order valence-corrected chi connectivity index (χ3v) is 5.73. The van der Waals surface area contributed by atoms with Crippen LogP contribution in [-0.2, 0) is 0 Å². The summed E-state index contributed by atoms with van der Waals surface area (Å²) in [6, 6.07) is 0. The minimum Gasteiger partial charge on any atom is -0.103 e. The number of unbranched alkanes of at least 4 members (excludes halogenated alkanes) is 22. The molecule has 0 atom stereocenters. The molecule has 0 aromatic rings. The van der Waals surface area contributed by atoms with E-state index in [1.54, 1.807) is 0 Å². The first-order valence-electron chi connectivity index (χ1n) is 13.0. The molecule has 164 valence electrons. The molecule has 0 heterocycles. The largest absolute Gasteiger partial charge is 0.103 e. The van der Waals surface area contributed by atoms with Gasteiger partial charge in [-0.1, -0.05) is 142 Å². The summed E-state index contributed by atoms with van der Waals surface area (Å²) in [6.45, 7) is 7.77. The highest BCUT2D eigenvalue weighted by Gasteiger charge is 1.95. The first-order valence-corrected chi connectivity index (χ1v) is 13.0. The summed E-state index contributed by atoms with van der Waals surface area (Å²) in [7, 11) is 0. The summed E-state index contributed by atoms with van der Waals surface area (Å²) in [5.41, 5.74) is 0. The predicted molar refractivity (Wildman–Crippen MR) is 129 cm³/mol. The summed E-state index contributed by atoms with van der Waals surface area (Å²) in [4.78, 5) is 0. The molecule has 0 rings (SSSR count). The van der Waals surface area contributed by atoms with Crippen molar-refractivity contribution >= 4 is 0 Å². The minimum absolute atomic E-state index is 1.06. The van der Waals surface area contributed by atoms with Gasteiger partial charge in [0, 0.05) is 12.8 Å². The van der Waals surface area contributed by atoms with E-state index < -0.39 is 0 Å². The molecule has 0 aliphatic heterocycles. The van der Waals surface area contributed by atoms with Crippen LogP contribution < -0.4 is 0 Å². The molecule has 0 fully saturated rings. The lowest BCUT2D eigenvalue weighted by atomic mass is 10.0. The van der Waals surface area contributed by atoms with Crippen molar-refractivity contribution in [2.75, 3.05) is 0 Å². The number of hydrogen-bond donors (Lipinski definition) is 0. The third-order valence-electron chi connectivity index (χ3n) is 5.73. The fraction of sp³-hybridized carbons (Fsp3) is 0.857. The zero-order valence-electron chi connectivity index (χ0n) is 19.4. The van der Waals surface area contributed by atoms with E-state index in [2.05, 4.69) is 25.7 Å². The van der Waals surface area contributed by atoms with E-state index in [0.717, 1.165) is 25.7 Å². The molecule has 0 aromatic carbocycles. The maximum absolute atomic E-state index is 3.91. The monoisotopic (exact) mass is 388 g/mol. The molecule has 0 bridgehead atoms. The third kappa shape index (κ3) is 25.6. The summed E-state index contributed by atoms with van der Waals surface area (Å²) < 4.78 is 0. The Bertz CT molecular complexity index is 319. The second kappa shape index (κ2) is 26.6. The van der Waals surface area contributed by atoms with Crippen molar-refractivity contribution in [2.24, 2.45) is 0 Å². The van der Waals surface area contributed by atoms with Crippen molar-refractivity contribution in [3.05, 3.63) is 13.8 Å². The van der Waals surface area contributed by atoms with Gasteiger partial charge < -0.3 is 0 Å². The zero-order valence-corrected chi connectivity index (χ0v) is 19.4.